The Morgan fingerprint density at radius 2 is 2.00 bits per heavy atom. The number of hydrogen-bond acceptors (Lipinski definition) is 5. The summed E-state index contributed by atoms with van der Waals surface area (Å²) in [6, 6.07) is 11.2. The Balaban J connectivity index is 1.56. The van der Waals surface area contributed by atoms with Gasteiger partial charge < -0.3 is 19.1 Å². The van der Waals surface area contributed by atoms with Gasteiger partial charge in [-0.05, 0) is 55.2 Å². The summed E-state index contributed by atoms with van der Waals surface area (Å²) in [4.78, 5) is 18.8. The zero-order valence-corrected chi connectivity index (χ0v) is 16.4. The molecule has 0 saturated carbocycles. The summed E-state index contributed by atoms with van der Waals surface area (Å²) in [5.41, 5.74) is 0.992. The number of pyridine rings is 1. The van der Waals surface area contributed by atoms with Crippen LogP contribution < -0.4 is 9.47 Å². The van der Waals surface area contributed by atoms with Gasteiger partial charge in [0.1, 0.15) is 11.5 Å². The third-order valence-corrected chi connectivity index (χ3v) is 4.56. The van der Waals surface area contributed by atoms with Crippen LogP contribution in [0, 0.1) is 0 Å². The number of hydrogen-bond donors (Lipinski definition) is 0. The quantitative estimate of drug-likeness (QED) is 0.628. The summed E-state index contributed by atoms with van der Waals surface area (Å²) in [6.07, 6.45) is 6.60. The monoisotopic (exact) mass is 384 g/mol. The molecule has 0 aliphatic carbocycles. The number of carbonyl (C=O) groups is 1. The predicted octanol–water partition coefficient (Wildman–Crippen LogP) is 3.46. The van der Waals surface area contributed by atoms with E-state index in [0.717, 1.165) is 37.2 Å². The van der Waals surface area contributed by atoms with Crippen molar-refractivity contribution in [1.82, 2.24) is 9.88 Å². The summed E-state index contributed by atoms with van der Waals surface area (Å²) in [5, 5.41) is 0. The highest BCUT2D eigenvalue weighted by atomic mass is 16.5. The lowest BCUT2D eigenvalue weighted by molar-refractivity contribution is -0.135. The van der Waals surface area contributed by atoms with Crippen molar-refractivity contribution in [3.63, 3.8) is 0 Å². The lowest BCUT2D eigenvalue weighted by atomic mass is 10.2. The molecule has 28 heavy (non-hydrogen) atoms. The molecule has 1 amide bonds. The van der Waals surface area contributed by atoms with Gasteiger partial charge in [-0.2, -0.15) is 0 Å². The molecule has 0 bridgehead atoms. The van der Waals surface area contributed by atoms with Gasteiger partial charge in [0.2, 0.25) is 0 Å². The van der Waals surface area contributed by atoms with Crippen molar-refractivity contribution in [2.24, 2.45) is 0 Å². The second kappa shape index (κ2) is 10.7. The van der Waals surface area contributed by atoms with Crippen LogP contribution >= 0.6 is 0 Å². The second-order valence-electron chi connectivity index (χ2n) is 6.88. The number of benzene rings is 1. The Kier molecular flexibility index (Phi) is 7.67. The summed E-state index contributed by atoms with van der Waals surface area (Å²) >= 11 is 0. The fraction of sp³-hybridized carbons (Fsp3) is 0.455. The molecule has 1 aromatic carbocycles. The van der Waals surface area contributed by atoms with Crippen LogP contribution in [0.3, 0.4) is 0 Å². The van der Waals surface area contributed by atoms with E-state index < -0.39 is 0 Å². The third-order valence-electron chi connectivity index (χ3n) is 4.56. The average molecular weight is 384 g/mol. The lowest BCUT2D eigenvalue weighted by Crippen LogP contribution is -2.39. The first-order chi connectivity index (χ1) is 13.7. The normalized spacial score (nSPS) is 16.0. The standard InChI is InChI=1S/C22H28N2O4/c1-2-12-26-19-7-9-20(10-8-19)28-17-22(25)24(16-21-6-4-13-27-21)15-18-5-3-11-23-14-18/h3,5,7-11,14,21H,2,4,6,12-13,15-17H2,1H3. The number of ether oxygens (including phenoxy) is 3. The molecule has 1 aliphatic rings. The number of amides is 1. The minimum absolute atomic E-state index is 0.0118. The summed E-state index contributed by atoms with van der Waals surface area (Å²) in [5.74, 6) is 1.39. The third kappa shape index (κ3) is 6.23. The molecule has 3 rings (SSSR count). The largest absolute Gasteiger partial charge is 0.494 e. The molecular formula is C22H28N2O4. The minimum atomic E-state index is -0.0642. The van der Waals surface area contributed by atoms with Crippen molar-refractivity contribution < 1.29 is 19.0 Å². The molecule has 6 nitrogen and oxygen atoms in total. The topological polar surface area (TPSA) is 60.9 Å². The van der Waals surface area contributed by atoms with Gasteiger partial charge in [-0.25, -0.2) is 0 Å². The van der Waals surface area contributed by atoms with Crippen molar-refractivity contribution in [3.05, 3.63) is 54.4 Å². The van der Waals surface area contributed by atoms with Crippen molar-refractivity contribution >= 4 is 5.91 Å². The van der Waals surface area contributed by atoms with Gasteiger partial charge in [0, 0.05) is 32.1 Å². The van der Waals surface area contributed by atoms with E-state index in [1.165, 1.54) is 0 Å². The molecule has 1 aromatic heterocycles. The Bertz CT molecular complexity index is 715. The van der Waals surface area contributed by atoms with E-state index in [4.69, 9.17) is 14.2 Å². The van der Waals surface area contributed by atoms with E-state index in [1.54, 1.807) is 17.3 Å². The summed E-state index contributed by atoms with van der Waals surface area (Å²) < 4.78 is 17.0. The summed E-state index contributed by atoms with van der Waals surface area (Å²) in [7, 11) is 0. The molecule has 1 aliphatic heterocycles. The fourth-order valence-corrected chi connectivity index (χ4v) is 3.09. The first-order valence-corrected chi connectivity index (χ1v) is 9.88. The first kappa shape index (κ1) is 20.1. The van der Waals surface area contributed by atoms with Gasteiger partial charge in [0.25, 0.3) is 5.91 Å². The van der Waals surface area contributed by atoms with Crippen LogP contribution in [0.2, 0.25) is 0 Å². The van der Waals surface area contributed by atoms with Gasteiger partial charge in [-0.1, -0.05) is 13.0 Å². The van der Waals surface area contributed by atoms with Gasteiger partial charge in [-0.15, -0.1) is 0 Å². The average Bonchev–Trinajstić information content (AvgIpc) is 3.25. The molecular weight excluding hydrogens is 356 g/mol. The van der Waals surface area contributed by atoms with Crippen LogP contribution in [0.1, 0.15) is 31.7 Å². The van der Waals surface area contributed by atoms with E-state index in [2.05, 4.69) is 11.9 Å². The summed E-state index contributed by atoms with van der Waals surface area (Å²) in [6.45, 7) is 4.58. The van der Waals surface area contributed by atoms with E-state index in [9.17, 15) is 4.79 Å². The van der Waals surface area contributed by atoms with Crippen LogP contribution in [-0.4, -0.2) is 48.3 Å². The van der Waals surface area contributed by atoms with Crippen molar-refractivity contribution in [2.45, 2.75) is 38.8 Å². The SMILES string of the molecule is CCCOc1ccc(OCC(=O)N(Cc2cccnc2)CC2CCCO2)cc1. The van der Waals surface area contributed by atoms with E-state index in [-0.39, 0.29) is 18.6 Å². The van der Waals surface area contributed by atoms with Gasteiger partial charge in [-0.3, -0.25) is 9.78 Å². The molecule has 2 heterocycles. The van der Waals surface area contributed by atoms with Crippen molar-refractivity contribution in [3.8, 4) is 11.5 Å². The van der Waals surface area contributed by atoms with E-state index >= 15 is 0 Å². The Labute approximate surface area is 166 Å². The van der Waals surface area contributed by atoms with Crippen LogP contribution in [0.25, 0.3) is 0 Å². The first-order valence-electron chi connectivity index (χ1n) is 9.88. The predicted molar refractivity (Wildman–Crippen MR) is 106 cm³/mol. The Hall–Kier alpha value is -2.60. The Morgan fingerprint density at radius 3 is 2.64 bits per heavy atom. The van der Waals surface area contributed by atoms with Crippen molar-refractivity contribution in [1.29, 1.82) is 0 Å². The maximum absolute atomic E-state index is 12.8. The lowest BCUT2D eigenvalue weighted by Gasteiger charge is -2.25. The number of nitrogens with zero attached hydrogens (tertiary/aromatic N) is 2. The van der Waals surface area contributed by atoms with E-state index in [1.807, 2.05) is 36.4 Å². The van der Waals surface area contributed by atoms with Crippen LogP contribution in [0.5, 0.6) is 11.5 Å². The number of carbonyl (C=O) groups excluding carboxylic acids is 1. The zero-order chi connectivity index (χ0) is 19.6. The van der Waals surface area contributed by atoms with Crippen molar-refractivity contribution in [2.75, 3.05) is 26.4 Å². The molecule has 150 valence electrons. The molecule has 0 radical (unpaired) electrons. The van der Waals surface area contributed by atoms with Gasteiger partial charge >= 0.3 is 0 Å². The molecule has 0 N–H and O–H groups in total. The molecule has 0 spiro atoms. The molecule has 6 heteroatoms. The fourth-order valence-electron chi connectivity index (χ4n) is 3.09. The molecule has 1 fully saturated rings. The highest BCUT2D eigenvalue weighted by molar-refractivity contribution is 5.77. The van der Waals surface area contributed by atoms with Gasteiger partial charge in [0.15, 0.2) is 6.61 Å². The number of rotatable bonds is 10. The van der Waals surface area contributed by atoms with E-state index in [0.29, 0.717) is 25.4 Å². The smallest absolute Gasteiger partial charge is 0.260 e. The highest BCUT2D eigenvalue weighted by Crippen LogP contribution is 2.19. The van der Waals surface area contributed by atoms with Gasteiger partial charge in [0.05, 0.1) is 12.7 Å². The number of aromatic nitrogens is 1. The van der Waals surface area contributed by atoms with Crippen LogP contribution in [0.15, 0.2) is 48.8 Å². The Morgan fingerprint density at radius 1 is 1.21 bits per heavy atom. The maximum Gasteiger partial charge on any atom is 0.260 e. The van der Waals surface area contributed by atoms with Crippen LogP contribution in [-0.2, 0) is 16.1 Å². The minimum Gasteiger partial charge on any atom is -0.494 e. The molecule has 1 atom stereocenters. The molecule has 1 saturated heterocycles. The van der Waals surface area contributed by atoms with Crippen LogP contribution in [0.4, 0.5) is 0 Å². The maximum atomic E-state index is 12.8. The highest BCUT2D eigenvalue weighted by Gasteiger charge is 2.23. The second-order valence-corrected chi connectivity index (χ2v) is 6.88. The molecule has 2 aromatic rings. The molecule has 1 unspecified atom stereocenters. The zero-order valence-electron chi connectivity index (χ0n) is 16.4.